The number of rotatable bonds is 3. The molecule has 1 N–H and O–H groups in total. The number of likely N-dealkylation sites (tertiary alicyclic amines) is 1. The quantitative estimate of drug-likeness (QED) is 0.945. The van der Waals surface area contributed by atoms with Crippen molar-refractivity contribution in [2.24, 2.45) is 0 Å². The molecule has 0 spiro atoms. The average Bonchev–Trinajstić information content (AvgIpc) is 3.10. The molecule has 0 aliphatic carbocycles. The number of fused-ring (bicyclic) bond motifs is 3. The summed E-state index contributed by atoms with van der Waals surface area (Å²) < 4.78 is 10.8. The van der Waals surface area contributed by atoms with Crippen LogP contribution in [0.1, 0.15) is 24.8 Å². The molecule has 2 atom stereocenters. The zero-order chi connectivity index (χ0) is 15.8. The average molecular weight is 314 g/mol. The largest absolute Gasteiger partial charge is 0.497 e. The van der Waals surface area contributed by atoms with Crippen molar-refractivity contribution in [3.63, 3.8) is 0 Å². The van der Waals surface area contributed by atoms with E-state index in [1.54, 1.807) is 13.4 Å². The highest BCUT2D eigenvalue weighted by Gasteiger charge is 2.31. The van der Waals surface area contributed by atoms with E-state index in [0.29, 0.717) is 18.5 Å². The van der Waals surface area contributed by atoms with Gasteiger partial charge in [-0.1, -0.05) is 0 Å². The highest BCUT2D eigenvalue weighted by Crippen LogP contribution is 2.27. The molecule has 2 aromatic rings. The lowest BCUT2D eigenvalue weighted by Gasteiger charge is -2.24. The van der Waals surface area contributed by atoms with Crippen molar-refractivity contribution in [3.05, 3.63) is 30.0 Å². The predicted molar refractivity (Wildman–Crippen MR) is 87.6 cm³/mol. The minimum Gasteiger partial charge on any atom is -0.497 e. The fraction of sp³-hybridized carbons (Fsp3) is 0.500. The van der Waals surface area contributed by atoms with Crippen molar-refractivity contribution in [2.45, 2.75) is 37.8 Å². The summed E-state index contributed by atoms with van der Waals surface area (Å²) in [6, 6.07) is 6.79. The van der Waals surface area contributed by atoms with Crippen LogP contribution in [0.15, 0.2) is 28.9 Å². The number of nitrogens with one attached hydrogen (secondary N) is 1. The topological polar surface area (TPSA) is 54.7 Å². The van der Waals surface area contributed by atoms with E-state index >= 15 is 0 Å². The van der Waals surface area contributed by atoms with E-state index in [0.717, 1.165) is 41.8 Å². The maximum absolute atomic E-state index is 12.7. The van der Waals surface area contributed by atoms with E-state index < -0.39 is 0 Å². The second-order valence-corrected chi connectivity index (χ2v) is 6.57. The fourth-order valence-corrected chi connectivity index (χ4v) is 3.77. The molecule has 2 aliphatic rings. The standard InChI is InChI=1S/C18H22N2O3/c1-22-15-4-5-16-12(11-23-17(16)9-15)8-18(21)20-7-6-13-2-3-14(10-20)19-13/h4-5,9,11,13-14,19H,2-3,6-8,10H2,1H3. The van der Waals surface area contributed by atoms with Crippen molar-refractivity contribution in [1.29, 1.82) is 0 Å². The summed E-state index contributed by atoms with van der Waals surface area (Å²) in [5.41, 5.74) is 1.72. The van der Waals surface area contributed by atoms with Gasteiger partial charge in [0.05, 0.1) is 19.8 Å². The molecular weight excluding hydrogens is 292 g/mol. The molecule has 1 aromatic heterocycles. The van der Waals surface area contributed by atoms with E-state index in [1.807, 2.05) is 23.1 Å². The second-order valence-electron chi connectivity index (χ2n) is 6.57. The first-order valence-electron chi connectivity index (χ1n) is 8.31. The van der Waals surface area contributed by atoms with Crippen LogP contribution >= 0.6 is 0 Å². The van der Waals surface area contributed by atoms with Crippen LogP contribution in [0.4, 0.5) is 0 Å². The molecule has 4 rings (SSSR count). The normalized spacial score (nSPS) is 24.0. The number of carbonyl (C=O) groups is 1. The maximum atomic E-state index is 12.7. The molecule has 122 valence electrons. The van der Waals surface area contributed by atoms with Gasteiger partial charge in [-0.2, -0.15) is 0 Å². The van der Waals surface area contributed by atoms with Gasteiger partial charge < -0.3 is 19.4 Å². The van der Waals surface area contributed by atoms with Gasteiger partial charge in [-0.25, -0.2) is 0 Å². The molecule has 1 amide bonds. The molecular formula is C18H22N2O3. The molecule has 0 saturated carbocycles. The summed E-state index contributed by atoms with van der Waals surface area (Å²) in [6.45, 7) is 1.69. The number of hydrogen-bond acceptors (Lipinski definition) is 4. The van der Waals surface area contributed by atoms with Crippen LogP contribution < -0.4 is 10.1 Å². The summed E-state index contributed by atoms with van der Waals surface area (Å²) in [6.07, 6.45) is 5.59. The number of carbonyl (C=O) groups excluding carboxylic acids is 1. The first-order chi connectivity index (χ1) is 11.2. The van der Waals surface area contributed by atoms with E-state index in [4.69, 9.17) is 9.15 Å². The van der Waals surface area contributed by atoms with E-state index in [-0.39, 0.29) is 5.91 Å². The van der Waals surface area contributed by atoms with Crippen LogP contribution in [-0.4, -0.2) is 43.1 Å². The molecule has 2 unspecified atom stereocenters. The van der Waals surface area contributed by atoms with Crippen LogP contribution in [0, 0.1) is 0 Å². The zero-order valence-electron chi connectivity index (χ0n) is 13.4. The molecule has 0 radical (unpaired) electrons. The van der Waals surface area contributed by atoms with Gasteiger partial charge in [-0.3, -0.25) is 4.79 Å². The minimum atomic E-state index is 0.192. The molecule has 2 aliphatic heterocycles. The summed E-state index contributed by atoms with van der Waals surface area (Å²) >= 11 is 0. The Bertz CT molecular complexity index is 724. The number of furan rings is 1. The van der Waals surface area contributed by atoms with Gasteiger partial charge in [0.15, 0.2) is 0 Å². The molecule has 3 heterocycles. The highest BCUT2D eigenvalue weighted by atomic mass is 16.5. The Morgan fingerprint density at radius 2 is 2.22 bits per heavy atom. The Balaban J connectivity index is 1.50. The van der Waals surface area contributed by atoms with Crippen molar-refractivity contribution < 1.29 is 13.9 Å². The summed E-state index contributed by atoms with van der Waals surface area (Å²) in [4.78, 5) is 14.7. The number of ether oxygens (including phenoxy) is 1. The summed E-state index contributed by atoms with van der Waals surface area (Å²) in [5, 5.41) is 4.61. The number of methoxy groups -OCH3 is 1. The molecule has 2 bridgehead atoms. The van der Waals surface area contributed by atoms with Gasteiger partial charge in [-0.05, 0) is 31.4 Å². The van der Waals surface area contributed by atoms with Gasteiger partial charge in [0.1, 0.15) is 11.3 Å². The lowest BCUT2D eigenvalue weighted by atomic mass is 10.1. The van der Waals surface area contributed by atoms with Gasteiger partial charge in [0, 0.05) is 42.2 Å². The number of nitrogens with zero attached hydrogens (tertiary/aromatic N) is 1. The van der Waals surface area contributed by atoms with Crippen molar-refractivity contribution in [1.82, 2.24) is 10.2 Å². The SMILES string of the molecule is COc1ccc2c(CC(=O)N3CCC4CCC(C3)N4)coc2c1. The van der Waals surface area contributed by atoms with E-state index in [1.165, 1.54) is 12.8 Å². The van der Waals surface area contributed by atoms with Crippen molar-refractivity contribution >= 4 is 16.9 Å². The first-order valence-corrected chi connectivity index (χ1v) is 8.31. The van der Waals surface area contributed by atoms with Crippen LogP contribution in [0.5, 0.6) is 5.75 Å². The Kier molecular flexibility index (Phi) is 3.73. The van der Waals surface area contributed by atoms with Crippen LogP contribution in [-0.2, 0) is 11.2 Å². The molecule has 5 nitrogen and oxygen atoms in total. The minimum absolute atomic E-state index is 0.192. The van der Waals surface area contributed by atoms with E-state index in [2.05, 4.69) is 5.32 Å². The van der Waals surface area contributed by atoms with Gasteiger partial charge >= 0.3 is 0 Å². The van der Waals surface area contributed by atoms with Gasteiger partial charge in [-0.15, -0.1) is 0 Å². The van der Waals surface area contributed by atoms with Gasteiger partial charge in [0.25, 0.3) is 0 Å². The maximum Gasteiger partial charge on any atom is 0.227 e. The van der Waals surface area contributed by atoms with Crippen LogP contribution in [0.3, 0.4) is 0 Å². The number of benzene rings is 1. The van der Waals surface area contributed by atoms with E-state index in [9.17, 15) is 4.79 Å². The molecule has 5 heteroatoms. The lowest BCUT2D eigenvalue weighted by Crippen LogP contribution is -2.39. The Hall–Kier alpha value is -2.01. The van der Waals surface area contributed by atoms with Gasteiger partial charge in [0.2, 0.25) is 5.91 Å². The molecule has 2 saturated heterocycles. The van der Waals surface area contributed by atoms with Crippen molar-refractivity contribution in [3.8, 4) is 5.75 Å². The summed E-state index contributed by atoms with van der Waals surface area (Å²) in [5.74, 6) is 0.956. The monoisotopic (exact) mass is 314 g/mol. The summed E-state index contributed by atoms with van der Waals surface area (Å²) in [7, 11) is 1.63. The highest BCUT2D eigenvalue weighted by molar-refractivity contribution is 5.88. The fourth-order valence-electron chi connectivity index (χ4n) is 3.77. The lowest BCUT2D eigenvalue weighted by molar-refractivity contribution is -0.130. The molecule has 2 fully saturated rings. The number of amides is 1. The third kappa shape index (κ3) is 2.81. The van der Waals surface area contributed by atoms with Crippen LogP contribution in [0.25, 0.3) is 11.0 Å². The van der Waals surface area contributed by atoms with Crippen molar-refractivity contribution in [2.75, 3.05) is 20.2 Å². The third-order valence-corrected chi connectivity index (χ3v) is 5.08. The predicted octanol–water partition coefficient (Wildman–Crippen LogP) is 2.34. The Morgan fingerprint density at radius 3 is 3.09 bits per heavy atom. The Labute approximate surface area is 135 Å². The Morgan fingerprint density at radius 1 is 1.35 bits per heavy atom. The smallest absolute Gasteiger partial charge is 0.227 e. The zero-order valence-corrected chi connectivity index (χ0v) is 13.4. The molecule has 1 aromatic carbocycles. The first kappa shape index (κ1) is 14.6. The molecule has 23 heavy (non-hydrogen) atoms. The number of hydrogen-bond donors (Lipinski definition) is 1. The van der Waals surface area contributed by atoms with Crippen LogP contribution in [0.2, 0.25) is 0 Å². The third-order valence-electron chi connectivity index (χ3n) is 5.08. The second kappa shape index (κ2) is 5.89.